The molecule has 0 spiro atoms. The van der Waals surface area contributed by atoms with E-state index in [4.69, 9.17) is 9.47 Å². The van der Waals surface area contributed by atoms with Crippen LogP contribution in [0.3, 0.4) is 0 Å². The Morgan fingerprint density at radius 1 is 1.20 bits per heavy atom. The maximum atomic E-state index is 13.4. The lowest BCUT2D eigenvalue weighted by Crippen LogP contribution is -2.31. The van der Waals surface area contributed by atoms with Crippen LogP contribution in [0.2, 0.25) is 0 Å². The van der Waals surface area contributed by atoms with E-state index >= 15 is 0 Å². The maximum absolute atomic E-state index is 13.4. The van der Waals surface area contributed by atoms with Crippen LogP contribution in [0, 0.1) is 0 Å². The van der Waals surface area contributed by atoms with Crippen molar-refractivity contribution in [3.63, 3.8) is 0 Å². The normalized spacial score (nSPS) is 15.2. The molecular formula is C22H23N5O3. The van der Waals surface area contributed by atoms with Crippen LogP contribution < -0.4 is 20.1 Å². The second-order valence-electron chi connectivity index (χ2n) is 6.73. The number of benzene rings is 2. The zero-order valence-corrected chi connectivity index (χ0v) is 17.0. The van der Waals surface area contributed by atoms with E-state index in [0.717, 1.165) is 5.56 Å². The molecule has 1 unspecified atom stereocenters. The highest BCUT2D eigenvalue weighted by molar-refractivity contribution is 6.06. The van der Waals surface area contributed by atoms with Gasteiger partial charge in [-0.2, -0.15) is 10.1 Å². The van der Waals surface area contributed by atoms with Crippen LogP contribution in [0.1, 0.15) is 25.5 Å². The molecule has 1 aliphatic heterocycles. The molecule has 0 aliphatic carbocycles. The number of carbonyl (C=O) groups is 1. The van der Waals surface area contributed by atoms with Crippen LogP contribution in [-0.2, 0) is 4.79 Å². The van der Waals surface area contributed by atoms with Gasteiger partial charge in [-0.15, -0.1) is 0 Å². The summed E-state index contributed by atoms with van der Waals surface area (Å²) in [6, 6.07) is 14.4. The van der Waals surface area contributed by atoms with Crippen LogP contribution in [0.5, 0.6) is 11.5 Å². The van der Waals surface area contributed by atoms with Gasteiger partial charge >= 0.3 is 0 Å². The van der Waals surface area contributed by atoms with Crippen molar-refractivity contribution < 1.29 is 14.3 Å². The highest BCUT2D eigenvalue weighted by atomic mass is 16.5. The fourth-order valence-corrected chi connectivity index (χ4v) is 3.60. The van der Waals surface area contributed by atoms with E-state index in [-0.39, 0.29) is 5.91 Å². The van der Waals surface area contributed by atoms with Crippen molar-refractivity contribution in [1.82, 2.24) is 14.8 Å². The molecule has 2 heterocycles. The van der Waals surface area contributed by atoms with Gasteiger partial charge < -0.3 is 20.1 Å². The largest absolute Gasteiger partial charge is 0.493 e. The molecule has 1 atom stereocenters. The molecule has 1 aromatic heterocycles. The summed E-state index contributed by atoms with van der Waals surface area (Å²) < 4.78 is 13.1. The third kappa shape index (κ3) is 3.47. The Labute approximate surface area is 174 Å². The topological polar surface area (TPSA) is 90.3 Å². The summed E-state index contributed by atoms with van der Waals surface area (Å²) in [6.07, 6.45) is 1.46. The van der Waals surface area contributed by atoms with Crippen molar-refractivity contribution in [3.8, 4) is 11.5 Å². The van der Waals surface area contributed by atoms with E-state index in [0.29, 0.717) is 41.0 Å². The SMILES string of the molecule is CCOc1c(OC)cccc1C1C(C(=O)Nc2ccccc2)=C(C)Nc2ncnn21. The van der Waals surface area contributed by atoms with Crippen molar-refractivity contribution in [2.75, 3.05) is 24.4 Å². The lowest BCUT2D eigenvalue weighted by Gasteiger charge is -2.30. The van der Waals surface area contributed by atoms with Gasteiger partial charge in [0.05, 0.1) is 19.3 Å². The number of aromatic nitrogens is 3. The van der Waals surface area contributed by atoms with E-state index in [1.54, 1.807) is 11.8 Å². The molecular weight excluding hydrogens is 382 g/mol. The number of hydrogen-bond acceptors (Lipinski definition) is 6. The first-order valence-electron chi connectivity index (χ1n) is 9.67. The lowest BCUT2D eigenvalue weighted by atomic mass is 9.94. The minimum Gasteiger partial charge on any atom is -0.493 e. The van der Waals surface area contributed by atoms with Crippen molar-refractivity contribution in [3.05, 3.63) is 71.7 Å². The number of rotatable bonds is 6. The Morgan fingerprint density at radius 3 is 2.73 bits per heavy atom. The maximum Gasteiger partial charge on any atom is 0.255 e. The molecule has 2 aromatic carbocycles. The number of nitrogens with zero attached hydrogens (tertiary/aromatic N) is 3. The molecule has 0 bridgehead atoms. The minimum atomic E-state index is -0.538. The van der Waals surface area contributed by atoms with Crippen molar-refractivity contribution in [2.45, 2.75) is 19.9 Å². The number of hydrogen-bond donors (Lipinski definition) is 2. The molecule has 1 amide bonds. The molecule has 0 fully saturated rings. The number of fused-ring (bicyclic) bond motifs is 1. The minimum absolute atomic E-state index is 0.234. The molecule has 2 N–H and O–H groups in total. The van der Waals surface area contributed by atoms with Crippen molar-refractivity contribution >= 4 is 17.5 Å². The van der Waals surface area contributed by atoms with Crippen molar-refractivity contribution in [1.29, 1.82) is 0 Å². The zero-order chi connectivity index (χ0) is 21.1. The second kappa shape index (κ2) is 8.28. The summed E-state index contributed by atoms with van der Waals surface area (Å²) in [4.78, 5) is 17.7. The Hall–Kier alpha value is -3.81. The fourth-order valence-electron chi connectivity index (χ4n) is 3.60. The van der Waals surface area contributed by atoms with Gasteiger partial charge in [0, 0.05) is 16.9 Å². The van der Waals surface area contributed by atoms with Gasteiger partial charge in [0.2, 0.25) is 5.95 Å². The molecule has 4 rings (SSSR count). The first-order valence-corrected chi connectivity index (χ1v) is 9.67. The summed E-state index contributed by atoms with van der Waals surface area (Å²) in [5, 5.41) is 10.5. The first kappa shape index (κ1) is 19.5. The summed E-state index contributed by atoms with van der Waals surface area (Å²) in [5.41, 5.74) is 2.69. The highest BCUT2D eigenvalue weighted by Crippen LogP contribution is 2.42. The third-order valence-corrected chi connectivity index (χ3v) is 4.88. The quantitative estimate of drug-likeness (QED) is 0.651. The van der Waals surface area contributed by atoms with E-state index in [1.807, 2.05) is 62.4 Å². The van der Waals surface area contributed by atoms with Crippen LogP contribution in [-0.4, -0.2) is 34.4 Å². The number of amides is 1. The predicted molar refractivity (Wildman–Crippen MR) is 114 cm³/mol. The van der Waals surface area contributed by atoms with Crippen LogP contribution >= 0.6 is 0 Å². The number of anilines is 2. The van der Waals surface area contributed by atoms with Crippen molar-refractivity contribution in [2.24, 2.45) is 0 Å². The molecule has 0 radical (unpaired) electrons. The average molecular weight is 405 g/mol. The smallest absolute Gasteiger partial charge is 0.255 e. The Morgan fingerprint density at radius 2 is 2.00 bits per heavy atom. The van der Waals surface area contributed by atoms with Crippen LogP contribution in [0.15, 0.2) is 66.1 Å². The van der Waals surface area contributed by atoms with Gasteiger partial charge in [0.25, 0.3) is 5.91 Å². The van der Waals surface area contributed by atoms with Gasteiger partial charge in [0.15, 0.2) is 11.5 Å². The average Bonchev–Trinajstić information content (AvgIpc) is 3.22. The zero-order valence-electron chi connectivity index (χ0n) is 17.0. The van der Waals surface area contributed by atoms with Gasteiger partial charge in [0.1, 0.15) is 12.4 Å². The number of nitrogens with one attached hydrogen (secondary N) is 2. The van der Waals surface area contributed by atoms with Gasteiger partial charge in [-0.25, -0.2) is 4.68 Å². The summed E-state index contributed by atoms with van der Waals surface area (Å²) >= 11 is 0. The number of ether oxygens (including phenoxy) is 2. The van der Waals surface area contributed by atoms with E-state index < -0.39 is 6.04 Å². The highest BCUT2D eigenvalue weighted by Gasteiger charge is 2.36. The number of methoxy groups -OCH3 is 1. The summed E-state index contributed by atoms with van der Waals surface area (Å²) in [7, 11) is 1.59. The standard InChI is InChI=1S/C22H23N5O3/c1-4-30-20-16(11-8-12-17(20)29-3)19-18(14(2)25-22-23-13-24-27(19)22)21(28)26-15-9-6-5-7-10-15/h5-13,19H,4H2,1-3H3,(H,26,28)(H,23,24,25). The molecule has 3 aromatic rings. The molecule has 8 nitrogen and oxygen atoms in total. The molecule has 154 valence electrons. The van der Waals surface area contributed by atoms with E-state index in [2.05, 4.69) is 20.7 Å². The van der Waals surface area contributed by atoms with Gasteiger partial charge in [-0.3, -0.25) is 4.79 Å². The van der Waals surface area contributed by atoms with E-state index in [1.165, 1.54) is 6.33 Å². The number of allylic oxidation sites excluding steroid dienone is 1. The van der Waals surface area contributed by atoms with Crippen LogP contribution in [0.4, 0.5) is 11.6 Å². The Balaban J connectivity index is 1.84. The monoisotopic (exact) mass is 405 g/mol. The summed E-state index contributed by atoms with van der Waals surface area (Å²) in [5.74, 6) is 1.49. The van der Waals surface area contributed by atoms with Gasteiger partial charge in [-0.1, -0.05) is 30.3 Å². The predicted octanol–water partition coefficient (Wildman–Crippen LogP) is 3.61. The Bertz CT molecular complexity index is 1090. The molecule has 0 saturated heterocycles. The molecule has 0 saturated carbocycles. The van der Waals surface area contributed by atoms with Gasteiger partial charge in [-0.05, 0) is 32.0 Å². The molecule has 30 heavy (non-hydrogen) atoms. The lowest BCUT2D eigenvalue weighted by molar-refractivity contribution is -0.113. The Kier molecular flexibility index (Phi) is 5.38. The second-order valence-corrected chi connectivity index (χ2v) is 6.73. The number of para-hydroxylation sites is 2. The third-order valence-electron chi connectivity index (χ3n) is 4.88. The number of carbonyl (C=O) groups excluding carboxylic acids is 1. The molecule has 8 heteroatoms. The first-order chi connectivity index (χ1) is 14.6. The van der Waals surface area contributed by atoms with Crippen LogP contribution in [0.25, 0.3) is 0 Å². The fraction of sp³-hybridized carbons (Fsp3) is 0.227. The van der Waals surface area contributed by atoms with E-state index in [9.17, 15) is 4.79 Å². The summed E-state index contributed by atoms with van der Waals surface area (Å²) in [6.45, 7) is 4.21. The molecule has 1 aliphatic rings.